The molecule has 1 heterocycles. The summed E-state index contributed by atoms with van der Waals surface area (Å²) in [6.45, 7) is 2.59. The van der Waals surface area contributed by atoms with E-state index in [1.807, 2.05) is 12.1 Å². The molecule has 4 heteroatoms. The monoisotopic (exact) mass is 277 g/mol. The number of rotatable bonds is 1. The highest BCUT2D eigenvalue weighted by Gasteiger charge is 2.22. The Kier molecular flexibility index (Phi) is 3.96. The highest BCUT2D eigenvalue weighted by atomic mass is 35.5. The topological polar surface area (TPSA) is 38.3 Å². The molecule has 0 aliphatic carbocycles. The number of hydrogen-bond donors (Lipinski definition) is 1. The van der Waals surface area contributed by atoms with Crippen molar-refractivity contribution in [2.24, 2.45) is 0 Å². The van der Waals surface area contributed by atoms with Gasteiger partial charge in [-0.3, -0.25) is 0 Å². The van der Waals surface area contributed by atoms with Gasteiger partial charge in [-0.2, -0.15) is 0 Å². The largest absolute Gasteiger partial charge is 0.449 e. The number of nitrogens with one attached hydrogen (secondary N) is 1. The lowest BCUT2D eigenvalue weighted by atomic mass is 9.94. The van der Waals surface area contributed by atoms with Gasteiger partial charge in [0.05, 0.1) is 12.6 Å². The first-order valence-electron chi connectivity index (χ1n) is 6.17. The van der Waals surface area contributed by atoms with Crippen LogP contribution in [0.3, 0.4) is 0 Å². The molecule has 3 rings (SSSR count). The Bertz CT molecular complexity index is 612. The fraction of sp³-hybridized carbons (Fsp3) is 0.267. The highest BCUT2D eigenvalue weighted by molar-refractivity contribution is 5.89. The van der Waals surface area contributed by atoms with Crippen molar-refractivity contribution in [2.75, 3.05) is 6.61 Å². The molecule has 1 amide bonds. The lowest BCUT2D eigenvalue weighted by Crippen LogP contribution is -2.35. The van der Waals surface area contributed by atoms with Gasteiger partial charge in [0.25, 0.3) is 0 Å². The van der Waals surface area contributed by atoms with Gasteiger partial charge in [-0.15, -0.1) is 12.4 Å². The van der Waals surface area contributed by atoms with Crippen LogP contribution in [-0.2, 0) is 4.74 Å². The second-order valence-electron chi connectivity index (χ2n) is 4.64. The molecule has 1 N–H and O–H groups in total. The van der Waals surface area contributed by atoms with E-state index >= 15 is 0 Å². The zero-order valence-corrected chi connectivity index (χ0v) is 11.5. The number of amides is 1. The van der Waals surface area contributed by atoms with Crippen molar-refractivity contribution in [3.63, 3.8) is 0 Å². The summed E-state index contributed by atoms with van der Waals surface area (Å²) in [6, 6.07) is 12.6. The maximum absolute atomic E-state index is 11.3. The van der Waals surface area contributed by atoms with Crippen molar-refractivity contribution in [1.29, 1.82) is 0 Å². The molecule has 1 fully saturated rings. The van der Waals surface area contributed by atoms with E-state index in [-0.39, 0.29) is 24.5 Å². The lowest BCUT2D eigenvalue weighted by molar-refractivity contribution is 0.116. The number of ether oxygens (including phenoxy) is 1. The van der Waals surface area contributed by atoms with Crippen molar-refractivity contribution in [1.82, 2.24) is 5.32 Å². The molecule has 0 spiro atoms. The second-order valence-corrected chi connectivity index (χ2v) is 4.64. The van der Waals surface area contributed by atoms with Crippen LogP contribution in [0.2, 0.25) is 0 Å². The molecule has 1 saturated heterocycles. The van der Waals surface area contributed by atoms with Gasteiger partial charge in [-0.25, -0.2) is 4.79 Å². The van der Waals surface area contributed by atoms with Crippen LogP contribution in [0.4, 0.5) is 4.79 Å². The average molecular weight is 278 g/mol. The molecule has 0 aromatic heterocycles. The Hall–Kier alpha value is -1.74. The molecule has 1 atom stereocenters. The first-order valence-corrected chi connectivity index (χ1v) is 6.17. The lowest BCUT2D eigenvalue weighted by Gasteiger charge is -2.25. The number of alkyl carbamates (subject to hydrolysis) is 1. The molecule has 0 bridgehead atoms. The summed E-state index contributed by atoms with van der Waals surface area (Å²) < 4.78 is 4.92. The van der Waals surface area contributed by atoms with E-state index in [9.17, 15) is 4.79 Å². The van der Waals surface area contributed by atoms with Crippen molar-refractivity contribution in [3.8, 4) is 0 Å². The summed E-state index contributed by atoms with van der Waals surface area (Å²) >= 11 is 0. The molecule has 19 heavy (non-hydrogen) atoms. The molecular formula is C15H16ClNO2. The van der Waals surface area contributed by atoms with Crippen LogP contribution in [0, 0.1) is 6.92 Å². The average Bonchev–Trinajstić information content (AvgIpc) is 2.39. The van der Waals surface area contributed by atoms with Gasteiger partial charge >= 0.3 is 6.09 Å². The Labute approximate surface area is 118 Å². The van der Waals surface area contributed by atoms with E-state index in [0.29, 0.717) is 6.61 Å². The highest BCUT2D eigenvalue weighted by Crippen LogP contribution is 2.29. The zero-order chi connectivity index (χ0) is 12.5. The SMILES string of the molecule is Cc1ccc([C@@H]2CCOC(=O)N2)c2ccccc12.Cl. The number of halogens is 1. The quantitative estimate of drug-likeness (QED) is 0.862. The number of fused-ring (bicyclic) bond motifs is 1. The van der Waals surface area contributed by atoms with Gasteiger partial charge in [-0.1, -0.05) is 36.4 Å². The van der Waals surface area contributed by atoms with E-state index < -0.39 is 0 Å². The third-order valence-corrected chi connectivity index (χ3v) is 3.48. The minimum atomic E-state index is -0.323. The summed E-state index contributed by atoms with van der Waals surface area (Å²) in [6.07, 6.45) is 0.495. The van der Waals surface area contributed by atoms with Gasteiger partial charge in [0.1, 0.15) is 0 Å². The number of hydrogen-bond acceptors (Lipinski definition) is 2. The van der Waals surface area contributed by atoms with E-state index in [0.717, 1.165) is 6.42 Å². The van der Waals surface area contributed by atoms with Crippen LogP contribution in [0.5, 0.6) is 0 Å². The molecule has 0 saturated carbocycles. The van der Waals surface area contributed by atoms with Crippen molar-refractivity contribution in [3.05, 3.63) is 47.5 Å². The fourth-order valence-electron chi connectivity index (χ4n) is 2.54. The standard InChI is InChI=1S/C15H15NO2.ClH/c1-10-6-7-13(12-5-3-2-4-11(10)12)14-8-9-18-15(17)16-14;/h2-7,14H,8-9H2,1H3,(H,16,17);1H/t14-;/m0./s1. The van der Waals surface area contributed by atoms with Crippen LogP contribution in [0.15, 0.2) is 36.4 Å². The van der Waals surface area contributed by atoms with Crippen LogP contribution < -0.4 is 5.32 Å². The van der Waals surface area contributed by atoms with Crippen LogP contribution in [0.1, 0.15) is 23.6 Å². The van der Waals surface area contributed by atoms with Gasteiger partial charge in [0, 0.05) is 6.42 Å². The smallest absolute Gasteiger partial charge is 0.407 e. The minimum absolute atomic E-state index is 0. The third kappa shape index (κ3) is 2.51. The van der Waals surface area contributed by atoms with E-state index in [1.54, 1.807) is 0 Å². The fourth-order valence-corrected chi connectivity index (χ4v) is 2.54. The summed E-state index contributed by atoms with van der Waals surface area (Å²) in [5.74, 6) is 0. The second kappa shape index (κ2) is 5.49. The first kappa shape index (κ1) is 13.7. The maximum atomic E-state index is 11.3. The van der Waals surface area contributed by atoms with Gasteiger partial charge in [-0.05, 0) is 28.8 Å². The summed E-state index contributed by atoms with van der Waals surface area (Å²) in [5, 5.41) is 5.34. The molecule has 1 aliphatic heterocycles. The Morgan fingerprint density at radius 3 is 2.63 bits per heavy atom. The van der Waals surface area contributed by atoms with Gasteiger partial charge in [0.15, 0.2) is 0 Å². The molecule has 1 aliphatic rings. The first-order chi connectivity index (χ1) is 8.75. The number of carbonyl (C=O) groups excluding carboxylic acids is 1. The zero-order valence-electron chi connectivity index (χ0n) is 10.7. The van der Waals surface area contributed by atoms with E-state index in [4.69, 9.17) is 4.74 Å². The molecule has 2 aromatic carbocycles. The summed E-state index contributed by atoms with van der Waals surface area (Å²) in [4.78, 5) is 11.3. The summed E-state index contributed by atoms with van der Waals surface area (Å²) in [5.41, 5.74) is 2.43. The number of benzene rings is 2. The van der Waals surface area contributed by atoms with Gasteiger partial charge in [0.2, 0.25) is 0 Å². The number of aryl methyl sites for hydroxylation is 1. The number of cyclic esters (lactones) is 1. The van der Waals surface area contributed by atoms with E-state index in [2.05, 4.69) is 36.5 Å². The van der Waals surface area contributed by atoms with Crippen molar-refractivity contribution in [2.45, 2.75) is 19.4 Å². The molecule has 100 valence electrons. The molecule has 3 nitrogen and oxygen atoms in total. The Morgan fingerprint density at radius 2 is 1.89 bits per heavy atom. The predicted octanol–water partition coefficient (Wildman–Crippen LogP) is 3.74. The Morgan fingerprint density at radius 1 is 1.16 bits per heavy atom. The molecular weight excluding hydrogens is 262 g/mol. The normalized spacial score (nSPS) is 18.4. The Balaban J connectivity index is 0.00000133. The number of carbonyl (C=O) groups is 1. The van der Waals surface area contributed by atoms with Crippen LogP contribution in [-0.4, -0.2) is 12.7 Å². The third-order valence-electron chi connectivity index (χ3n) is 3.48. The maximum Gasteiger partial charge on any atom is 0.407 e. The van der Waals surface area contributed by atoms with Crippen LogP contribution >= 0.6 is 12.4 Å². The van der Waals surface area contributed by atoms with Crippen LogP contribution in [0.25, 0.3) is 10.8 Å². The van der Waals surface area contributed by atoms with Gasteiger partial charge < -0.3 is 10.1 Å². The summed E-state index contributed by atoms with van der Waals surface area (Å²) in [7, 11) is 0. The van der Waals surface area contributed by atoms with Crippen molar-refractivity contribution >= 4 is 29.3 Å². The molecule has 2 aromatic rings. The predicted molar refractivity (Wildman–Crippen MR) is 77.8 cm³/mol. The molecule has 0 radical (unpaired) electrons. The van der Waals surface area contributed by atoms with Crippen molar-refractivity contribution < 1.29 is 9.53 Å². The van der Waals surface area contributed by atoms with E-state index in [1.165, 1.54) is 21.9 Å². The molecule has 0 unspecified atom stereocenters. The minimum Gasteiger partial charge on any atom is -0.449 e.